The number of hydrogen-bond donors (Lipinski definition) is 0. The molecule has 1 fully saturated rings. The second-order valence-corrected chi connectivity index (χ2v) is 6.02. The average Bonchev–Trinajstić information content (AvgIpc) is 3.13. The van der Waals surface area contributed by atoms with Crippen molar-refractivity contribution in [3.8, 4) is 0 Å². The van der Waals surface area contributed by atoms with E-state index in [-0.39, 0.29) is 11.7 Å². The maximum Gasteiger partial charge on any atom is 0.224 e. The molecule has 0 unspecified atom stereocenters. The van der Waals surface area contributed by atoms with Crippen LogP contribution >= 0.6 is 0 Å². The van der Waals surface area contributed by atoms with Gasteiger partial charge in [0.15, 0.2) is 5.78 Å². The van der Waals surface area contributed by atoms with Gasteiger partial charge in [-0.2, -0.15) is 0 Å². The van der Waals surface area contributed by atoms with Crippen molar-refractivity contribution in [1.82, 2.24) is 14.5 Å². The minimum Gasteiger partial charge on any atom is -0.368 e. The number of carbonyl (C=O) groups excluding carboxylic acids is 2. The van der Waals surface area contributed by atoms with E-state index in [4.69, 9.17) is 0 Å². The summed E-state index contributed by atoms with van der Waals surface area (Å²) in [4.78, 5) is 31.8. The van der Waals surface area contributed by atoms with Crippen LogP contribution in [0.4, 0.5) is 5.69 Å². The van der Waals surface area contributed by atoms with E-state index in [1.807, 2.05) is 39.9 Å². The Kier molecular flexibility index (Phi) is 4.93. The zero-order chi connectivity index (χ0) is 16.9. The van der Waals surface area contributed by atoms with Crippen LogP contribution in [-0.4, -0.2) is 52.3 Å². The highest BCUT2D eigenvalue weighted by atomic mass is 16.2. The number of aromatic nitrogens is 2. The summed E-state index contributed by atoms with van der Waals surface area (Å²) < 4.78 is 1.92. The van der Waals surface area contributed by atoms with Crippen molar-refractivity contribution in [3.05, 3.63) is 48.5 Å². The standard InChI is InChI=1S/C18H22N4O2/c1-15(23)16-2-4-17(5-3-16)21-10-12-22(13-11-21)18(24)6-8-20-9-7-19-14-20/h2-5,7,9,14H,6,8,10-13H2,1H3. The lowest BCUT2D eigenvalue weighted by atomic mass is 10.1. The molecule has 1 aromatic heterocycles. The molecule has 0 spiro atoms. The first-order valence-electron chi connectivity index (χ1n) is 8.23. The lowest BCUT2D eigenvalue weighted by molar-refractivity contribution is -0.131. The van der Waals surface area contributed by atoms with E-state index in [1.54, 1.807) is 19.4 Å². The first-order chi connectivity index (χ1) is 11.6. The van der Waals surface area contributed by atoms with Gasteiger partial charge in [0.05, 0.1) is 6.33 Å². The fourth-order valence-electron chi connectivity index (χ4n) is 2.92. The molecule has 0 bridgehead atoms. The molecule has 1 amide bonds. The first-order valence-corrected chi connectivity index (χ1v) is 8.23. The minimum absolute atomic E-state index is 0.0786. The monoisotopic (exact) mass is 326 g/mol. The molecule has 1 aromatic carbocycles. The van der Waals surface area contributed by atoms with Crippen LogP contribution in [0.25, 0.3) is 0 Å². The van der Waals surface area contributed by atoms with Crippen LogP contribution < -0.4 is 4.90 Å². The smallest absolute Gasteiger partial charge is 0.224 e. The number of aryl methyl sites for hydroxylation is 1. The van der Waals surface area contributed by atoms with Gasteiger partial charge in [0.2, 0.25) is 5.91 Å². The third-order valence-electron chi connectivity index (χ3n) is 4.41. The largest absolute Gasteiger partial charge is 0.368 e. The Morgan fingerprint density at radius 1 is 1.08 bits per heavy atom. The molecule has 0 aliphatic carbocycles. The van der Waals surface area contributed by atoms with Crippen molar-refractivity contribution in [2.24, 2.45) is 0 Å². The molecule has 2 heterocycles. The predicted molar refractivity (Wildman–Crippen MR) is 92.1 cm³/mol. The van der Waals surface area contributed by atoms with E-state index in [0.29, 0.717) is 13.0 Å². The Morgan fingerprint density at radius 3 is 2.38 bits per heavy atom. The SMILES string of the molecule is CC(=O)c1ccc(N2CCN(C(=O)CCn3ccnc3)CC2)cc1. The average molecular weight is 326 g/mol. The number of nitrogens with zero attached hydrogens (tertiary/aromatic N) is 4. The van der Waals surface area contributed by atoms with Crippen molar-refractivity contribution < 1.29 is 9.59 Å². The van der Waals surface area contributed by atoms with Crippen LogP contribution in [0, 0.1) is 0 Å². The second kappa shape index (κ2) is 7.29. The maximum absolute atomic E-state index is 12.3. The molecular formula is C18H22N4O2. The number of carbonyl (C=O) groups is 2. The Balaban J connectivity index is 1.49. The second-order valence-electron chi connectivity index (χ2n) is 6.02. The Bertz CT molecular complexity index is 686. The minimum atomic E-state index is 0.0786. The van der Waals surface area contributed by atoms with E-state index in [2.05, 4.69) is 9.88 Å². The van der Waals surface area contributed by atoms with E-state index < -0.39 is 0 Å². The van der Waals surface area contributed by atoms with Gasteiger partial charge >= 0.3 is 0 Å². The number of anilines is 1. The van der Waals surface area contributed by atoms with Crippen molar-refractivity contribution in [2.45, 2.75) is 19.9 Å². The topological polar surface area (TPSA) is 58.4 Å². The summed E-state index contributed by atoms with van der Waals surface area (Å²) in [6.07, 6.45) is 5.83. The van der Waals surface area contributed by atoms with Gasteiger partial charge in [-0.25, -0.2) is 4.98 Å². The quantitative estimate of drug-likeness (QED) is 0.787. The molecule has 6 nitrogen and oxygen atoms in total. The van der Waals surface area contributed by atoms with Crippen molar-refractivity contribution in [2.75, 3.05) is 31.1 Å². The summed E-state index contributed by atoms with van der Waals surface area (Å²) >= 11 is 0. The molecule has 126 valence electrons. The molecule has 24 heavy (non-hydrogen) atoms. The highest BCUT2D eigenvalue weighted by Crippen LogP contribution is 2.18. The summed E-state index contributed by atoms with van der Waals surface area (Å²) in [6.45, 7) is 5.34. The van der Waals surface area contributed by atoms with Gasteiger partial charge in [-0.1, -0.05) is 0 Å². The van der Waals surface area contributed by atoms with Crippen molar-refractivity contribution >= 4 is 17.4 Å². The fourth-order valence-corrected chi connectivity index (χ4v) is 2.92. The number of benzene rings is 1. The number of Topliss-reactive ketones (excluding diaryl/α,β-unsaturated/α-hetero) is 1. The van der Waals surface area contributed by atoms with Crippen LogP contribution in [0.15, 0.2) is 43.0 Å². The molecule has 0 radical (unpaired) electrons. The summed E-state index contributed by atoms with van der Waals surface area (Å²) in [7, 11) is 0. The number of ketones is 1. The van der Waals surface area contributed by atoms with Crippen molar-refractivity contribution in [1.29, 1.82) is 0 Å². The molecule has 1 saturated heterocycles. The Hall–Kier alpha value is -2.63. The molecule has 1 aliphatic heterocycles. The normalized spacial score (nSPS) is 14.7. The molecule has 0 atom stereocenters. The van der Waals surface area contributed by atoms with Gasteiger partial charge in [-0.15, -0.1) is 0 Å². The number of hydrogen-bond acceptors (Lipinski definition) is 4. The first kappa shape index (κ1) is 16.2. The van der Waals surface area contributed by atoms with Gasteiger partial charge in [-0.3, -0.25) is 9.59 Å². The predicted octanol–water partition coefficient (Wildman–Crippen LogP) is 1.82. The lowest BCUT2D eigenvalue weighted by Gasteiger charge is -2.36. The summed E-state index contributed by atoms with van der Waals surface area (Å²) in [5.41, 5.74) is 1.83. The molecule has 1 aliphatic rings. The van der Waals surface area contributed by atoms with Gasteiger partial charge in [0.25, 0.3) is 0 Å². The summed E-state index contributed by atoms with van der Waals surface area (Å²) in [5, 5.41) is 0. The molecule has 0 N–H and O–H groups in total. The number of rotatable bonds is 5. The Labute approximate surface area is 141 Å². The highest BCUT2D eigenvalue weighted by molar-refractivity contribution is 5.94. The highest BCUT2D eigenvalue weighted by Gasteiger charge is 2.21. The third-order valence-corrected chi connectivity index (χ3v) is 4.41. The molecule has 6 heteroatoms. The van der Waals surface area contributed by atoms with Gasteiger partial charge < -0.3 is 14.4 Å². The van der Waals surface area contributed by atoms with Crippen LogP contribution in [0.1, 0.15) is 23.7 Å². The van der Waals surface area contributed by atoms with E-state index in [0.717, 1.165) is 37.4 Å². The van der Waals surface area contributed by atoms with Crippen LogP contribution in [-0.2, 0) is 11.3 Å². The van der Waals surface area contributed by atoms with Gasteiger partial charge in [0, 0.05) is 62.8 Å². The zero-order valence-electron chi connectivity index (χ0n) is 13.9. The third kappa shape index (κ3) is 3.82. The van der Waals surface area contributed by atoms with Gasteiger partial charge in [0.1, 0.15) is 0 Å². The Morgan fingerprint density at radius 2 is 1.79 bits per heavy atom. The van der Waals surface area contributed by atoms with E-state index in [9.17, 15) is 9.59 Å². The summed E-state index contributed by atoms with van der Waals surface area (Å²) in [5.74, 6) is 0.269. The molecular weight excluding hydrogens is 304 g/mol. The van der Waals surface area contributed by atoms with E-state index in [1.165, 1.54) is 0 Å². The van der Waals surface area contributed by atoms with Crippen molar-refractivity contribution in [3.63, 3.8) is 0 Å². The summed E-state index contributed by atoms with van der Waals surface area (Å²) in [6, 6.07) is 7.68. The fraction of sp³-hybridized carbons (Fsp3) is 0.389. The maximum atomic E-state index is 12.3. The van der Waals surface area contributed by atoms with Gasteiger partial charge in [-0.05, 0) is 31.2 Å². The van der Waals surface area contributed by atoms with E-state index >= 15 is 0 Å². The molecule has 2 aromatic rings. The number of imidazole rings is 1. The number of piperazine rings is 1. The van der Waals surface area contributed by atoms with Crippen LogP contribution in [0.5, 0.6) is 0 Å². The number of amides is 1. The molecule has 0 saturated carbocycles. The zero-order valence-corrected chi connectivity index (χ0v) is 13.9. The molecule has 3 rings (SSSR count). The van der Waals surface area contributed by atoms with Crippen LogP contribution in [0.3, 0.4) is 0 Å². The lowest BCUT2D eigenvalue weighted by Crippen LogP contribution is -2.48. The van der Waals surface area contributed by atoms with Crippen LogP contribution in [0.2, 0.25) is 0 Å².